The Morgan fingerprint density at radius 2 is 1.84 bits per heavy atom. The van der Waals surface area contributed by atoms with Crippen LogP contribution in [-0.2, 0) is 9.59 Å². The Bertz CT molecular complexity index is 406. The molecule has 1 amide bonds. The molecule has 0 aromatic heterocycles. The lowest BCUT2D eigenvalue weighted by molar-refractivity contribution is -0.142. The molecule has 0 fully saturated rings. The Hall–Kier alpha value is -1.88. The summed E-state index contributed by atoms with van der Waals surface area (Å²) in [6.45, 7) is 0.614. The number of nitrogens with one attached hydrogen (secondary N) is 1. The molecule has 0 aliphatic carbocycles. The molecule has 1 aromatic rings. The minimum atomic E-state index is -1.05. The number of carboxylic acids is 1. The van der Waals surface area contributed by atoms with Gasteiger partial charge < -0.3 is 16.2 Å². The van der Waals surface area contributed by atoms with Crippen LogP contribution in [0.1, 0.15) is 37.3 Å². The maximum absolute atomic E-state index is 11.7. The van der Waals surface area contributed by atoms with Crippen LogP contribution in [-0.4, -0.2) is 23.5 Å². The van der Waals surface area contributed by atoms with Gasteiger partial charge in [-0.15, -0.1) is 0 Å². The molecule has 0 spiro atoms. The van der Waals surface area contributed by atoms with Gasteiger partial charge in [-0.05, 0) is 24.9 Å². The maximum atomic E-state index is 11.7. The van der Waals surface area contributed by atoms with E-state index in [1.807, 2.05) is 0 Å². The number of carbonyl (C=O) groups excluding carboxylic acids is 1. The van der Waals surface area contributed by atoms with Crippen LogP contribution in [0.3, 0.4) is 0 Å². The summed E-state index contributed by atoms with van der Waals surface area (Å²) in [7, 11) is 0. The molecule has 104 valence electrons. The van der Waals surface area contributed by atoms with Gasteiger partial charge in [0.2, 0.25) is 5.91 Å². The monoisotopic (exact) mass is 264 g/mol. The fourth-order valence-electron chi connectivity index (χ4n) is 1.77. The SMILES string of the molecule is NCCCCCC(=O)N[C@H](C(=O)O)c1ccccc1. The number of benzene rings is 1. The molecule has 0 saturated heterocycles. The molecule has 1 aromatic carbocycles. The lowest BCUT2D eigenvalue weighted by Crippen LogP contribution is -2.33. The van der Waals surface area contributed by atoms with Crippen molar-refractivity contribution in [2.24, 2.45) is 5.73 Å². The Kier molecular flexibility index (Phi) is 6.60. The predicted molar refractivity (Wildman–Crippen MR) is 72.5 cm³/mol. The van der Waals surface area contributed by atoms with Gasteiger partial charge in [-0.2, -0.15) is 0 Å². The van der Waals surface area contributed by atoms with E-state index < -0.39 is 12.0 Å². The first-order valence-corrected chi connectivity index (χ1v) is 6.42. The molecule has 0 heterocycles. The smallest absolute Gasteiger partial charge is 0.330 e. The highest BCUT2D eigenvalue weighted by atomic mass is 16.4. The maximum Gasteiger partial charge on any atom is 0.330 e. The number of amides is 1. The van der Waals surface area contributed by atoms with Crippen molar-refractivity contribution in [3.05, 3.63) is 35.9 Å². The van der Waals surface area contributed by atoms with Crippen LogP contribution in [0.15, 0.2) is 30.3 Å². The predicted octanol–water partition coefficient (Wildman–Crippen LogP) is 1.45. The van der Waals surface area contributed by atoms with Gasteiger partial charge in [0.05, 0.1) is 0 Å². The first-order valence-electron chi connectivity index (χ1n) is 6.42. The van der Waals surface area contributed by atoms with E-state index >= 15 is 0 Å². The zero-order chi connectivity index (χ0) is 14.1. The van der Waals surface area contributed by atoms with E-state index in [2.05, 4.69) is 5.32 Å². The summed E-state index contributed by atoms with van der Waals surface area (Å²) in [6.07, 6.45) is 2.82. The van der Waals surface area contributed by atoms with Gasteiger partial charge in [-0.1, -0.05) is 36.8 Å². The average molecular weight is 264 g/mol. The van der Waals surface area contributed by atoms with E-state index in [0.717, 1.165) is 19.3 Å². The Morgan fingerprint density at radius 3 is 2.42 bits per heavy atom. The number of carboxylic acid groups (broad SMARTS) is 1. The third kappa shape index (κ3) is 5.52. The summed E-state index contributed by atoms with van der Waals surface area (Å²) in [6, 6.07) is 7.69. The molecule has 4 N–H and O–H groups in total. The van der Waals surface area contributed by atoms with Gasteiger partial charge in [0.1, 0.15) is 0 Å². The van der Waals surface area contributed by atoms with E-state index in [-0.39, 0.29) is 5.91 Å². The molecule has 0 aliphatic heterocycles. The minimum Gasteiger partial charge on any atom is -0.479 e. The molecular formula is C14H20N2O3. The quantitative estimate of drug-likeness (QED) is 0.619. The molecule has 5 heteroatoms. The molecule has 1 atom stereocenters. The van der Waals surface area contributed by atoms with Gasteiger partial charge in [0.25, 0.3) is 0 Å². The first kappa shape index (κ1) is 15.2. The van der Waals surface area contributed by atoms with Crippen molar-refractivity contribution in [3.8, 4) is 0 Å². The second kappa shape index (κ2) is 8.26. The van der Waals surface area contributed by atoms with Gasteiger partial charge in [0.15, 0.2) is 6.04 Å². The fraction of sp³-hybridized carbons (Fsp3) is 0.429. The molecule has 0 bridgehead atoms. The van der Waals surface area contributed by atoms with Crippen LogP contribution in [0.25, 0.3) is 0 Å². The normalized spacial score (nSPS) is 11.8. The van der Waals surface area contributed by atoms with Crippen molar-refractivity contribution in [1.82, 2.24) is 5.32 Å². The van der Waals surface area contributed by atoms with Gasteiger partial charge >= 0.3 is 5.97 Å². The number of rotatable bonds is 8. The summed E-state index contributed by atoms with van der Waals surface area (Å²) in [5.41, 5.74) is 5.94. The van der Waals surface area contributed by atoms with Gasteiger partial charge in [0, 0.05) is 6.42 Å². The van der Waals surface area contributed by atoms with Gasteiger partial charge in [-0.3, -0.25) is 4.79 Å². The molecule has 1 rings (SSSR count). The van der Waals surface area contributed by atoms with Crippen molar-refractivity contribution in [1.29, 1.82) is 0 Å². The number of hydrogen-bond acceptors (Lipinski definition) is 3. The largest absolute Gasteiger partial charge is 0.479 e. The highest BCUT2D eigenvalue weighted by Crippen LogP contribution is 2.13. The molecule has 0 unspecified atom stereocenters. The summed E-state index contributed by atoms with van der Waals surface area (Å²) in [5, 5.41) is 11.7. The minimum absolute atomic E-state index is 0.242. The van der Waals surface area contributed by atoms with Crippen LogP contribution in [0, 0.1) is 0 Å². The first-order chi connectivity index (χ1) is 9.15. The van der Waals surface area contributed by atoms with E-state index in [9.17, 15) is 9.59 Å². The van der Waals surface area contributed by atoms with Crippen LogP contribution in [0.2, 0.25) is 0 Å². The van der Waals surface area contributed by atoms with Crippen LogP contribution < -0.4 is 11.1 Å². The van der Waals surface area contributed by atoms with E-state index in [1.54, 1.807) is 30.3 Å². The topological polar surface area (TPSA) is 92.4 Å². The Balaban J connectivity index is 2.51. The Morgan fingerprint density at radius 1 is 1.16 bits per heavy atom. The van der Waals surface area contributed by atoms with Crippen LogP contribution >= 0.6 is 0 Å². The van der Waals surface area contributed by atoms with Gasteiger partial charge in [-0.25, -0.2) is 4.79 Å². The number of hydrogen-bond donors (Lipinski definition) is 3. The summed E-state index contributed by atoms with van der Waals surface area (Å²) in [5.74, 6) is -1.30. The molecule has 0 radical (unpaired) electrons. The second-order valence-corrected chi connectivity index (χ2v) is 4.35. The third-order valence-corrected chi connectivity index (χ3v) is 2.79. The van der Waals surface area contributed by atoms with Crippen molar-refractivity contribution in [2.45, 2.75) is 31.7 Å². The molecular weight excluding hydrogens is 244 g/mol. The molecule has 19 heavy (non-hydrogen) atoms. The van der Waals surface area contributed by atoms with Crippen LogP contribution in [0.4, 0.5) is 0 Å². The third-order valence-electron chi connectivity index (χ3n) is 2.79. The zero-order valence-corrected chi connectivity index (χ0v) is 10.8. The fourth-order valence-corrected chi connectivity index (χ4v) is 1.77. The zero-order valence-electron chi connectivity index (χ0n) is 10.8. The molecule has 0 saturated carbocycles. The molecule has 0 aliphatic rings. The van der Waals surface area contributed by atoms with Crippen molar-refractivity contribution < 1.29 is 14.7 Å². The number of carbonyl (C=O) groups is 2. The van der Waals surface area contributed by atoms with Crippen molar-refractivity contribution in [2.75, 3.05) is 6.54 Å². The number of aliphatic carboxylic acids is 1. The Labute approximate surface area is 112 Å². The highest BCUT2D eigenvalue weighted by Gasteiger charge is 2.21. The van der Waals surface area contributed by atoms with E-state index in [4.69, 9.17) is 10.8 Å². The average Bonchev–Trinajstić information content (AvgIpc) is 2.41. The summed E-state index contributed by atoms with van der Waals surface area (Å²) in [4.78, 5) is 22.9. The van der Waals surface area contributed by atoms with E-state index in [1.165, 1.54) is 0 Å². The van der Waals surface area contributed by atoms with Crippen molar-refractivity contribution in [3.63, 3.8) is 0 Å². The highest BCUT2D eigenvalue weighted by molar-refractivity contribution is 5.84. The second-order valence-electron chi connectivity index (χ2n) is 4.35. The standard InChI is InChI=1S/C14H20N2O3/c15-10-6-2-5-9-12(17)16-13(14(18)19)11-7-3-1-4-8-11/h1,3-4,7-8,13H,2,5-6,9-10,15H2,(H,16,17)(H,18,19)/t13-/m0/s1. The summed E-state index contributed by atoms with van der Waals surface area (Å²) < 4.78 is 0. The number of nitrogens with two attached hydrogens (primary N) is 1. The van der Waals surface area contributed by atoms with Crippen LogP contribution in [0.5, 0.6) is 0 Å². The summed E-state index contributed by atoms with van der Waals surface area (Å²) >= 11 is 0. The molecule has 5 nitrogen and oxygen atoms in total. The lowest BCUT2D eigenvalue weighted by atomic mass is 10.1. The lowest BCUT2D eigenvalue weighted by Gasteiger charge is -2.14. The van der Waals surface area contributed by atoms with E-state index in [0.29, 0.717) is 18.5 Å². The number of unbranched alkanes of at least 4 members (excludes halogenated alkanes) is 2. The van der Waals surface area contributed by atoms with Crippen molar-refractivity contribution >= 4 is 11.9 Å².